The molecule has 0 radical (unpaired) electrons. The molecular weight excluding hydrogens is 191 g/mol. The summed E-state index contributed by atoms with van der Waals surface area (Å²) in [5.74, 6) is -2.17. The molecule has 0 aliphatic carbocycles. The molecule has 0 unspecified atom stereocenters. The van der Waals surface area contributed by atoms with Gasteiger partial charge in [-0.15, -0.1) is 0 Å². The van der Waals surface area contributed by atoms with Crippen molar-refractivity contribution in [3.8, 4) is 0 Å². The average molecular weight is 202 g/mol. The Bertz CT molecular complexity index is 197. The van der Waals surface area contributed by atoms with E-state index < -0.39 is 30.8 Å². The number of aliphatic hydroxyl groups excluding tert-OH is 2. The molecule has 0 aromatic heterocycles. The predicted octanol–water partition coefficient (Wildman–Crippen LogP) is -0.593. The maximum absolute atomic E-state index is 11.7. The number of hydrogen-bond acceptors (Lipinski definition) is 3. The van der Waals surface area contributed by atoms with Crippen LogP contribution in [0.2, 0.25) is 0 Å². The molecule has 1 amide bonds. The van der Waals surface area contributed by atoms with E-state index in [0.717, 1.165) is 0 Å². The van der Waals surface area contributed by atoms with Gasteiger partial charge in [0.05, 0.1) is 18.8 Å². The number of halogens is 3. The van der Waals surface area contributed by atoms with Gasteiger partial charge in [-0.1, -0.05) is 0 Å². The average Bonchev–Trinajstić information content (AvgIpc) is 2.01. The van der Waals surface area contributed by atoms with Crippen LogP contribution in [0.15, 0.2) is 0 Å². The van der Waals surface area contributed by atoms with E-state index >= 15 is 0 Å². The van der Waals surface area contributed by atoms with Crippen molar-refractivity contribution in [3.63, 3.8) is 0 Å². The molecular formula is C6H10F3NO3. The van der Waals surface area contributed by atoms with Crippen LogP contribution < -0.4 is 5.32 Å². The first kappa shape index (κ1) is 10.3. The third-order valence-electron chi connectivity index (χ3n) is 1.34. The van der Waals surface area contributed by atoms with Crippen molar-refractivity contribution in [2.24, 2.45) is 0 Å². The Kier molecular flexibility index (Phi) is 3.49. The van der Waals surface area contributed by atoms with Crippen molar-refractivity contribution in [3.05, 3.63) is 0 Å². The van der Waals surface area contributed by atoms with Gasteiger partial charge >= 0.3 is 12.1 Å². The van der Waals surface area contributed by atoms with E-state index in [-0.39, 0.29) is 0 Å². The van der Waals surface area contributed by atoms with Crippen LogP contribution >= 0.6 is 0 Å². The summed E-state index contributed by atoms with van der Waals surface area (Å²) in [5, 5.41) is 14.2. The summed E-state index contributed by atoms with van der Waals surface area (Å²) in [5.41, 5.74) is 0. The largest absolute Gasteiger partial charge is 0.471 e. The van der Waals surface area contributed by atoms with E-state index in [1.165, 1.54) is 12.2 Å². The van der Waals surface area contributed by atoms with Crippen LogP contribution in [-0.2, 0) is 4.79 Å². The van der Waals surface area contributed by atoms with Crippen LogP contribution in [0, 0.1) is 0 Å². The normalized spacial score (nSPS) is 17.5. The Balaban J connectivity index is 4.24. The minimum absolute atomic E-state index is 0.514. The van der Waals surface area contributed by atoms with Gasteiger partial charge in [0.2, 0.25) is 1.43 Å². The molecule has 4 nitrogen and oxygen atoms in total. The highest BCUT2D eigenvalue weighted by atomic mass is 19.4. The first-order valence-electron chi connectivity index (χ1n) is 3.83. The zero-order chi connectivity index (χ0) is 11.4. The van der Waals surface area contributed by atoms with E-state index in [4.69, 9.17) is 6.54 Å². The molecule has 0 aliphatic rings. The molecule has 0 rings (SSSR count). The number of aliphatic hydroxyl groups is 2. The molecule has 2 atom stereocenters. The zero-order valence-electron chi connectivity index (χ0n) is 7.76. The van der Waals surface area contributed by atoms with Gasteiger partial charge in [0.1, 0.15) is 0 Å². The third-order valence-corrected chi connectivity index (χ3v) is 1.34. The molecule has 0 aromatic rings. The van der Waals surface area contributed by atoms with E-state index in [9.17, 15) is 18.0 Å². The van der Waals surface area contributed by atoms with Gasteiger partial charge in [0.25, 0.3) is 0 Å². The Morgan fingerprint density at radius 1 is 1.69 bits per heavy atom. The van der Waals surface area contributed by atoms with Crippen molar-refractivity contribution in [2.45, 2.75) is 25.2 Å². The Morgan fingerprint density at radius 3 is 2.54 bits per heavy atom. The monoisotopic (exact) mass is 202 g/mol. The molecule has 0 heterocycles. The lowest BCUT2D eigenvalue weighted by atomic mass is 10.2. The van der Waals surface area contributed by atoms with E-state index in [2.05, 4.69) is 5.11 Å². The number of amides is 1. The van der Waals surface area contributed by atoms with Crippen LogP contribution in [0.4, 0.5) is 13.2 Å². The Hall–Kier alpha value is -0.820. The molecule has 0 aliphatic heterocycles. The van der Waals surface area contributed by atoms with Crippen LogP contribution in [-0.4, -0.2) is 42.5 Å². The molecule has 0 saturated carbocycles. The second-order valence-corrected chi connectivity index (χ2v) is 2.48. The van der Waals surface area contributed by atoms with E-state index in [0.29, 0.717) is 0 Å². The highest BCUT2D eigenvalue weighted by molar-refractivity contribution is 5.81. The van der Waals surface area contributed by atoms with Crippen LogP contribution in [0.3, 0.4) is 0 Å². The van der Waals surface area contributed by atoms with E-state index in [1.807, 2.05) is 0 Å². The standard InChI is InChI=1S/C6H10F3NO3/c1-3(12)4(2-11)10-5(13)6(7,8)9/h3-4,11-12H,2H2,1H3,(H,10,13)/t3-,4-/m0/s1/i11D. The summed E-state index contributed by atoms with van der Waals surface area (Å²) in [7, 11) is 0. The van der Waals surface area contributed by atoms with Gasteiger partial charge in [0.15, 0.2) is 0 Å². The number of rotatable bonds is 4. The lowest BCUT2D eigenvalue weighted by molar-refractivity contribution is -0.175. The highest BCUT2D eigenvalue weighted by Crippen LogP contribution is 2.14. The molecule has 78 valence electrons. The molecule has 0 bridgehead atoms. The van der Waals surface area contributed by atoms with Gasteiger partial charge in [-0.05, 0) is 6.92 Å². The van der Waals surface area contributed by atoms with E-state index in [1.54, 1.807) is 0 Å². The second-order valence-electron chi connectivity index (χ2n) is 2.48. The number of carbonyl (C=O) groups is 1. The first-order chi connectivity index (χ1) is 6.29. The molecule has 0 aromatic carbocycles. The second kappa shape index (κ2) is 4.43. The molecule has 0 fully saturated rings. The summed E-state index contributed by atoms with van der Waals surface area (Å²) in [6, 6.07) is -1.25. The fraction of sp³-hybridized carbons (Fsp3) is 0.833. The van der Waals surface area contributed by atoms with Crippen LogP contribution in [0.1, 0.15) is 6.92 Å². The Labute approximate surface area is 73.9 Å². The maximum atomic E-state index is 11.7. The number of nitrogens with one attached hydrogen (secondary N) is 1. The van der Waals surface area contributed by atoms with Crippen LogP contribution in [0.5, 0.6) is 0 Å². The van der Waals surface area contributed by atoms with Crippen LogP contribution in [0.25, 0.3) is 0 Å². The Morgan fingerprint density at radius 2 is 2.23 bits per heavy atom. The highest BCUT2D eigenvalue weighted by Gasteiger charge is 2.40. The van der Waals surface area contributed by atoms with Gasteiger partial charge < -0.3 is 15.5 Å². The predicted molar refractivity (Wildman–Crippen MR) is 36.8 cm³/mol. The fourth-order valence-corrected chi connectivity index (χ4v) is 0.552. The minimum Gasteiger partial charge on any atom is -0.394 e. The topological polar surface area (TPSA) is 69.6 Å². The van der Waals surface area contributed by atoms with Gasteiger partial charge in [0, 0.05) is 0 Å². The van der Waals surface area contributed by atoms with Crippen molar-refractivity contribution in [1.82, 2.24) is 5.32 Å². The summed E-state index contributed by atoms with van der Waals surface area (Å²) >= 11 is 0. The lowest BCUT2D eigenvalue weighted by Gasteiger charge is -2.19. The quantitative estimate of drug-likeness (QED) is 0.570. The molecule has 13 heavy (non-hydrogen) atoms. The maximum Gasteiger partial charge on any atom is 0.471 e. The summed E-state index contributed by atoms with van der Waals surface area (Å²) in [6.07, 6.45) is -6.23. The first-order valence-corrected chi connectivity index (χ1v) is 3.43. The minimum atomic E-state index is -5.00. The smallest absolute Gasteiger partial charge is 0.394 e. The van der Waals surface area contributed by atoms with Gasteiger partial charge in [-0.3, -0.25) is 4.79 Å². The van der Waals surface area contributed by atoms with Gasteiger partial charge in [-0.25, -0.2) is 0 Å². The molecule has 3 N–H and O–H groups in total. The van der Waals surface area contributed by atoms with Crippen molar-refractivity contribution in [2.75, 3.05) is 6.61 Å². The lowest BCUT2D eigenvalue weighted by Crippen LogP contribution is -2.49. The van der Waals surface area contributed by atoms with Crippen molar-refractivity contribution < 1.29 is 28.2 Å². The number of hydrogen-bond donors (Lipinski definition) is 3. The van der Waals surface area contributed by atoms with Crippen molar-refractivity contribution in [1.29, 1.82) is 1.43 Å². The summed E-state index contributed by atoms with van der Waals surface area (Å²) < 4.78 is 41.5. The summed E-state index contributed by atoms with van der Waals surface area (Å²) in [6.45, 7) is 0.666. The molecule has 0 saturated heterocycles. The number of alkyl halides is 3. The van der Waals surface area contributed by atoms with Gasteiger partial charge in [-0.2, -0.15) is 13.2 Å². The summed E-state index contributed by atoms with van der Waals surface area (Å²) in [4.78, 5) is 10.4. The fourth-order valence-electron chi connectivity index (χ4n) is 0.552. The SMILES string of the molecule is [2H]OC[C@H](NC(=O)C(F)(F)F)[C@H](C)O. The van der Waals surface area contributed by atoms with Crippen molar-refractivity contribution >= 4 is 5.91 Å². The zero-order valence-corrected chi connectivity index (χ0v) is 6.76. The molecule has 7 heteroatoms. The third kappa shape index (κ3) is 4.09. The molecule has 0 spiro atoms. The number of carbonyl (C=O) groups excluding carboxylic acids is 1.